The Labute approximate surface area is 168 Å². The van der Waals surface area contributed by atoms with E-state index >= 15 is 0 Å². The summed E-state index contributed by atoms with van der Waals surface area (Å²) < 4.78 is 6.20. The first kappa shape index (κ1) is 19.5. The Hall–Kier alpha value is -2.27. The summed E-state index contributed by atoms with van der Waals surface area (Å²) in [6.07, 6.45) is 5.19. The minimum atomic E-state index is -0.433. The minimum absolute atomic E-state index is 0.237. The maximum atomic E-state index is 11.3. The molecular formula is C21H20Cl2N2O2. The molecule has 0 spiro atoms. The van der Waals surface area contributed by atoms with Gasteiger partial charge in [0.25, 0.3) is 0 Å². The van der Waals surface area contributed by atoms with Gasteiger partial charge in [-0.05, 0) is 35.4 Å². The number of halogens is 2. The number of carbonyl (C=O) groups excluding carboxylic acids is 1. The predicted molar refractivity (Wildman–Crippen MR) is 109 cm³/mol. The molecule has 140 valence electrons. The molecule has 0 aromatic heterocycles. The number of benzene rings is 2. The maximum absolute atomic E-state index is 11.3. The summed E-state index contributed by atoms with van der Waals surface area (Å²) in [6, 6.07) is 15.2. The van der Waals surface area contributed by atoms with Gasteiger partial charge in [0.1, 0.15) is 6.10 Å². The first-order chi connectivity index (χ1) is 13.0. The maximum Gasteiger partial charge on any atom is 0.250 e. The van der Waals surface area contributed by atoms with E-state index in [0.29, 0.717) is 35.3 Å². The van der Waals surface area contributed by atoms with E-state index in [1.54, 1.807) is 12.3 Å². The van der Waals surface area contributed by atoms with Crippen molar-refractivity contribution in [3.05, 3.63) is 93.6 Å². The fourth-order valence-electron chi connectivity index (χ4n) is 2.86. The summed E-state index contributed by atoms with van der Waals surface area (Å²) in [7, 11) is 0. The van der Waals surface area contributed by atoms with Gasteiger partial charge in [-0.1, -0.05) is 59.6 Å². The second-order valence-electron chi connectivity index (χ2n) is 6.20. The van der Waals surface area contributed by atoms with Crippen molar-refractivity contribution >= 4 is 29.1 Å². The van der Waals surface area contributed by atoms with E-state index in [9.17, 15) is 4.79 Å². The molecule has 27 heavy (non-hydrogen) atoms. The summed E-state index contributed by atoms with van der Waals surface area (Å²) in [4.78, 5) is 13.3. The molecule has 0 radical (unpaired) electrons. The lowest BCUT2D eigenvalue weighted by molar-refractivity contribution is -0.114. The fraction of sp³-hybridized carbons (Fsp3) is 0.190. The van der Waals surface area contributed by atoms with Crippen LogP contribution in [0.4, 0.5) is 0 Å². The van der Waals surface area contributed by atoms with Crippen molar-refractivity contribution in [1.29, 1.82) is 0 Å². The van der Waals surface area contributed by atoms with Crippen LogP contribution in [-0.2, 0) is 9.53 Å². The van der Waals surface area contributed by atoms with Crippen molar-refractivity contribution in [3.8, 4) is 0 Å². The van der Waals surface area contributed by atoms with Crippen LogP contribution in [0, 0.1) is 0 Å². The molecule has 0 saturated carbocycles. The first-order valence-electron chi connectivity index (χ1n) is 8.57. The summed E-state index contributed by atoms with van der Waals surface area (Å²) in [5, 5.41) is 1.36. The molecule has 4 nitrogen and oxygen atoms in total. The van der Waals surface area contributed by atoms with Crippen molar-refractivity contribution < 1.29 is 9.53 Å². The zero-order valence-corrected chi connectivity index (χ0v) is 16.2. The van der Waals surface area contributed by atoms with Gasteiger partial charge >= 0.3 is 0 Å². The van der Waals surface area contributed by atoms with E-state index in [-0.39, 0.29) is 6.10 Å². The van der Waals surface area contributed by atoms with Gasteiger partial charge in [-0.15, -0.1) is 0 Å². The van der Waals surface area contributed by atoms with Crippen molar-refractivity contribution in [2.24, 2.45) is 5.73 Å². The largest absolute Gasteiger partial charge is 0.371 e. The lowest BCUT2D eigenvalue weighted by atomic mass is 10.0. The summed E-state index contributed by atoms with van der Waals surface area (Å²) in [5.41, 5.74) is 7.85. The smallest absolute Gasteiger partial charge is 0.250 e. The molecule has 3 rings (SSSR count). The summed E-state index contributed by atoms with van der Waals surface area (Å²) in [6.45, 7) is 1.83. The molecule has 1 aliphatic rings. The highest BCUT2D eigenvalue weighted by Gasteiger charge is 2.16. The Morgan fingerprint density at radius 3 is 2.11 bits per heavy atom. The van der Waals surface area contributed by atoms with Crippen molar-refractivity contribution in [1.82, 2.24) is 4.90 Å². The Morgan fingerprint density at radius 2 is 1.59 bits per heavy atom. The monoisotopic (exact) mass is 402 g/mol. The topological polar surface area (TPSA) is 55.6 Å². The van der Waals surface area contributed by atoms with Crippen LogP contribution < -0.4 is 5.73 Å². The molecule has 0 atom stereocenters. The SMILES string of the molecule is NC(=O)C1=CN(CCOC(c2ccc(Cl)cc2)c2ccc(Cl)cc2)CC=C1. The quantitative estimate of drug-likeness (QED) is 0.748. The standard InChI is InChI=1S/C21H20Cl2N2O2/c22-18-7-3-15(4-8-18)20(16-5-9-19(23)10-6-16)27-13-12-25-11-1-2-17(14-25)21(24)26/h1-10,14,20H,11-13H2,(H2,24,26). The van der Waals surface area contributed by atoms with E-state index in [0.717, 1.165) is 11.1 Å². The third-order valence-electron chi connectivity index (χ3n) is 4.25. The molecule has 0 saturated heterocycles. The lowest BCUT2D eigenvalue weighted by Crippen LogP contribution is -2.28. The first-order valence-corrected chi connectivity index (χ1v) is 9.33. The van der Waals surface area contributed by atoms with Gasteiger partial charge in [0.05, 0.1) is 12.2 Å². The zero-order valence-electron chi connectivity index (χ0n) is 14.6. The highest BCUT2D eigenvalue weighted by atomic mass is 35.5. The van der Waals surface area contributed by atoms with Crippen LogP contribution in [0.5, 0.6) is 0 Å². The van der Waals surface area contributed by atoms with Crippen LogP contribution in [0.3, 0.4) is 0 Å². The van der Waals surface area contributed by atoms with Crippen molar-refractivity contribution in [2.45, 2.75) is 6.10 Å². The molecule has 0 aliphatic carbocycles. The van der Waals surface area contributed by atoms with Crippen LogP contribution >= 0.6 is 23.2 Å². The van der Waals surface area contributed by atoms with Gasteiger partial charge in [-0.2, -0.15) is 0 Å². The molecular weight excluding hydrogens is 383 g/mol. The van der Waals surface area contributed by atoms with Crippen LogP contribution in [0.1, 0.15) is 17.2 Å². The Balaban J connectivity index is 1.70. The normalized spacial score (nSPS) is 13.7. The second kappa shape index (κ2) is 9.09. The molecule has 2 N–H and O–H groups in total. The molecule has 1 aliphatic heterocycles. The number of rotatable bonds is 7. The van der Waals surface area contributed by atoms with Crippen molar-refractivity contribution in [2.75, 3.05) is 19.7 Å². The average Bonchev–Trinajstić information content (AvgIpc) is 2.67. The Morgan fingerprint density at radius 1 is 1.04 bits per heavy atom. The van der Waals surface area contributed by atoms with E-state index in [2.05, 4.69) is 0 Å². The van der Waals surface area contributed by atoms with Gasteiger partial charge < -0.3 is 15.4 Å². The third-order valence-corrected chi connectivity index (χ3v) is 4.76. The molecule has 2 aromatic carbocycles. The van der Waals surface area contributed by atoms with E-state index in [1.165, 1.54) is 0 Å². The molecule has 6 heteroatoms. The predicted octanol–water partition coefficient (Wildman–Crippen LogP) is 4.34. The van der Waals surface area contributed by atoms with Gasteiger partial charge in [0.15, 0.2) is 0 Å². The number of carbonyl (C=O) groups is 1. The number of amides is 1. The van der Waals surface area contributed by atoms with Crippen molar-refractivity contribution in [3.63, 3.8) is 0 Å². The van der Waals surface area contributed by atoms with E-state index < -0.39 is 5.91 Å². The van der Waals surface area contributed by atoms with Crippen LogP contribution in [-0.4, -0.2) is 30.5 Å². The lowest BCUT2D eigenvalue weighted by Gasteiger charge is -2.25. The number of nitrogens with two attached hydrogens (primary N) is 1. The Bertz CT molecular complexity index is 800. The summed E-state index contributed by atoms with van der Waals surface area (Å²) >= 11 is 12.0. The number of ether oxygens (including phenoxy) is 1. The third kappa shape index (κ3) is 5.36. The number of hydrogen-bond donors (Lipinski definition) is 1. The highest BCUT2D eigenvalue weighted by molar-refractivity contribution is 6.30. The molecule has 0 bridgehead atoms. The van der Waals surface area contributed by atoms with E-state index in [1.807, 2.05) is 59.5 Å². The zero-order chi connectivity index (χ0) is 19.2. The van der Waals surface area contributed by atoms with Crippen LogP contribution in [0.15, 0.2) is 72.5 Å². The van der Waals surface area contributed by atoms with Gasteiger partial charge in [0.2, 0.25) is 5.91 Å². The van der Waals surface area contributed by atoms with Gasteiger partial charge in [0, 0.05) is 29.3 Å². The number of hydrogen-bond acceptors (Lipinski definition) is 3. The summed E-state index contributed by atoms with van der Waals surface area (Å²) in [5.74, 6) is -0.433. The minimum Gasteiger partial charge on any atom is -0.371 e. The van der Waals surface area contributed by atoms with E-state index in [4.69, 9.17) is 33.7 Å². The average molecular weight is 403 g/mol. The number of primary amides is 1. The molecule has 2 aromatic rings. The molecule has 0 unspecified atom stereocenters. The van der Waals surface area contributed by atoms with Crippen LogP contribution in [0.2, 0.25) is 10.0 Å². The van der Waals surface area contributed by atoms with Crippen LogP contribution in [0.25, 0.3) is 0 Å². The molecule has 1 heterocycles. The Kier molecular flexibility index (Phi) is 6.56. The van der Waals surface area contributed by atoms with Gasteiger partial charge in [-0.3, -0.25) is 4.79 Å². The fourth-order valence-corrected chi connectivity index (χ4v) is 3.11. The second-order valence-corrected chi connectivity index (χ2v) is 7.07. The number of nitrogens with zero attached hydrogens (tertiary/aromatic N) is 1. The molecule has 1 amide bonds. The molecule has 0 fully saturated rings. The highest BCUT2D eigenvalue weighted by Crippen LogP contribution is 2.28. The van der Waals surface area contributed by atoms with Gasteiger partial charge in [-0.25, -0.2) is 0 Å².